The predicted octanol–water partition coefficient (Wildman–Crippen LogP) is 2.31. The van der Waals surface area contributed by atoms with E-state index in [1.165, 1.54) is 25.1 Å². The lowest BCUT2D eigenvalue weighted by Crippen LogP contribution is -2.24. The molecule has 0 radical (unpaired) electrons. The van der Waals surface area contributed by atoms with Gasteiger partial charge in [-0.25, -0.2) is 4.98 Å². The van der Waals surface area contributed by atoms with Crippen molar-refractivity contribution in [2.24, 2.45) is 0 Å². The van der Waals surface area contributed by atoms with Crippen molar-refractivity contribution < 1.29 is 4.92 Å². The minimum Gasteiger partial charge on any atom is -0.369 e. The fourth-order valence-electron chi connectivity index (χ4n) is 2.03. The van der Waals surface area contributed by atoms with Gasteiger partial charge in [-0.1, -0.05) is 0 Å². The first-order valence-corrected chi connectivity index (χ1v) is 6.73. The highest BCUT2D eigenvalue weighted by atomic mass is 79.9. The van der Waals surface area contributed by atoms with Gasteiger partial charge in [0.25, 0.3) is 5.69 Å². The number of aromatic nitrogens is 1. The first-order chi connectivity index (χ1) is 8.66. The number of nitro groups is 1. The van der Waals surface area contributed by atoms with Crippen molar-refractivity contribution >= 4 is 27.4 Å². The Labute approximate surface area is 113 Å². The van der Waals surface area contributed by atoms with Gasteiger partial charge in [0, 0.05) is 18.7 Å². The highest BCUT2D eigenvalue weighted by molar-refractivity contribution is 9.10. The molecular formula is C11H15BrN4O2. The van der Waals surface area contributed by atoms with Crippen molar-refractivity contribution in [1.82, 2.24) is 10.3 Å². The average molecular weight is 315 g/mol. The fourth-order valence-corrected chi connectivity index (χ4v) is 2.50. The van der Waals surface area contributed by atoms with E-state index >= 15 is 0 Å². The van der Waals surface area contributed by atoms with Crippen LogP contribution in [0.5, 0.6) is 0 Å². The van der Waals surface area contributed by atoms with Crippen molar-refractivity contribution in [3.05, 3.63) is 26.9 Å². The van der Waals surface area contributed by atoms with E-state index in [9.17, 15) is 10.1 Å². The molecule has 2 heterocycles. The van der Waals surface area contributed by atoms with Crippen LogP contribution in [0.2, 0.25) is 0 Å². The summed E-state index contributed by atoms with van der Waals surface area (Å²) in [6.45, 7) is 1.91. The number of halogens is 1. The van der Waals surface area contributed by atoms with E-state index in [0.717, 1.165) is 19.5 Å². The zero-order valence-corrected chi connectivity index (χ0v) is 11.4. The van der Waals surface area contributed by atoms with Crippen LogP contribution < -0.4 is 10.6 Å². The molecule has 1 aliphatic heterocycles. The molecule has 1 aliphatic rings. The molecule has 1 atom stereocenters. The largest absolute Gasteiger partial charge is 0.369 e. The van der Waals surface area contributed by atoms with Crippen molar-refractivity contribution in [3.63, 3.8) is 0 Å². The molecule has 1 aromatic rings. The van der Waals surface area contributed by atoms with Crippen molar-refractivity contribution in [2.75, 3.05) is 18.4 Å². The minimum absolute atomic E-state index is 0.00937. The summed E-state index contributed by atoms with van der Waals surface area (Å²) >= 11 is 3.28. The Kier molecular flexibility index (Phi) is 4.48. The standard InChI is InChI=1S/C11H15BrN4O2/c12-10-6-9(16(17)18)7-15-11(10)14-5-3-8-2-1-4-13-8/h6-8,13H,1-5H2,(H,14,15)/t8-/m1/s1. The zero-order chi connectivity index (χ0) is 13.0. The second-order valence-electron chi connectivity index (χ2n) is 4.29. The van der Waals surface area contributed by atoms with Gasteiger partial charge in [-0.3, -0.25) is 10.1 Å². The molecule has 0 spiro atoms. The van der Waals surface area contributed by atoms with E-state index in [-0.39, 0.29) is 5.69 Å². The molecule has 2 rings (SSSR count). The van der Waals surface area contributed by atoms with Gasteiger partial charge in [0.2, 0.25) is 0 Å². The molecule has 1 saturated heterocycles. The van der Waals surface area contributed by atoms with E-state index < -0.39 is 4.92 Å². The summed E-state index contributed by atoms with van der Waals surface area (Å²) in [6.07, 6.45) is 4.76. The molecule has 98 valence electrons. The molecule has 18 heavy (non-hydrogen) atoms. The van der Waals surface area contributed by atoms with E-state index in [4.69, 9.17) is 0 Å². The fraction of sp³-hybridized carbons (Fsp3) is 0.545. The maximum atomic E-state index is 10.6. The van der Waals surface area contributed by atoms with Gasteiger partial charge in [0.05, 0.1) is 9.40 Å². The van der Waals surface area contributed by atoms with Crippen molar-refractivity contribution in [1.29, 1.82) is 0 Å². The quantitative estimate of drug-likeness (QED) is 0.644. The highest BCUT2D eigenvalue weighted by Gasteiger charge is 2.14. The van der Waals surface area contributed by atoms with Gasteiger partial charge >= 0.3 is 0 Å². The summed E-state index contributed by atoms with van der Waals surface area (Å²) in [4.78, 5) is 14.2. The van der Waals surface area contributed by atoms with Crippen LogP contribution in [0.1, 0.15) is 19.3 Å². The summed E-state index contributed by atoms with van der Waals surface area (Å²) < 4.78 is 0.621. The molecule has 7 heteroatoms. The number of hydrogen-bond acceptors (Lipinski definition) is 5. The first-order valence-electron chi connectivity index (χ1n) is 5.94. The van der Waals surface area contributed by atoms with Gasteiger partial charge in [-0.05, 0) is 41.7 Å². The molecule has 0 aliphatic carbocycles. The van der Waals surface area contributed by atoms with E-state index in [0.29, 0.717) is 16.3 Å². The molecular weight excluding hydrogens is 300 g/mol. The van der Waals surface area contributed by atoms with Crippen LogP contribution in [0.4, 0.5) is 11.5 Å². The second kappa shape index (κ2) is 6.10. The lowest BCUT2D eigenvalue weighted by Gasteiger charge is -2.11. The van der Waals surface area contributed by atoms with Crippen LogP contribution in [0, 0.1) is 10.1 Å². The van der Waals surface area contributed by atoms with Gasteiger partial charge in [-0.15, -0.1) is 0 Å². The lowest BCUT2D eigenvalue weighted by molar-refractivity contribution is -0.385. The molecule has 1 fully saturated rings. The monoisotopic (exact) mass is 314 g/mol. The smallest absolute Gasteiger partial charge is 0.288 e. The molecule has 0 unspecified atom stereocenters. The minimum atomic E-state index is -0.454. The maximum Gasteiger partial charge on any atom is 0.288 e. The van der Waals surface area contributed by atoms with Crippen LogP contribution in [0.25, 0.3) is 0 Å². The Morgan fingerprint density at radius 3 is 3.11 bits per heavy atom. The topological polar surface area (TPSA) is 80.1 Å². The first kappa shape index (κ1) is 13.2. The maximum absolute atomic E-state index is 10.6. The Bertz CT molecular complexity index is 435. The summed E-state index contributed by atoms with van der Waals surface area (Å²) in [5.41, 5.74) is -0.00937. The Morgan fingerprint density at radius 2 is 2.50 bits per heavy atom. The number of pyridine rings is 1. The molecule has 0 aromatic carbocycles. The van der Waals surface area contributed by atoms with E-state index in [1.807, 2.05) is 0 Å². The van der Waals surface area contributed by atoms with Gasteiger partial charge in [-0.2, -0.15) is 0 Å². The Morgan fingerprint density at radius 1 is 1.67 bits per heavy atom. The summed E-state index contributed by atoms with van der Waals surface area (Å²) in [7, 11) is 0. The molecule has 1 aromatic heterocycles. The lowest BCUT2D eigenvalue weighted by atomic mass is 10.1. The number of hydrogen-bond donors (Lipinski definition) is 2. The molecule has 0 saturated carbocycles. The van der Waals surface area contributed by atoms with Crippen LogP contribution in [-0.4, -0.2) is 29.0 Å². The second-order valence-corrected chi connectivity index (χ2v) is 5.14. The normalized spacial score (nSPS) is 18.8. The summed E-state index contributed by atoms with van der Waals surface area (Å²) in [5.74, 6) is 0.651. The third-order valence-electron chi connectivity index (χ3n) is 2.99. The Hall–Kier alpha value is -1.21. The van der Waals surface area contributed by atoms with Crippen LogP contribution in [-0.2, 0) is 0 Å². The molecule has 0 bridgehead atoms. The van der Waals surface area contributed by atoms with Gasteiger partial charge in [0.15, 0.2) is 0 Å². The molecule has 0 amide bonds. The highest BCUT2D eigenvalue weighted by Crippen LogP contribution is 2.24. The Balaban J connectivity index is 1.87. The number of nitrogens with zero attached hydrogens (tertiary/aromatic N) is 2. The number of anilines is 1. The van der Waals surface area contributed by atoms with Gasteiger partial charge in [0.1, 0.15) is 12.0 Å². The SMILES string of the molecule is O=[N+]([O-])c1cnc(NCC[C@H]2CCCN2)c(Br)c1. The third-order valence-corrected chi connectivity index (χ3v) is 3.59. The van der Waals surface area contributed by atoms with Crippen LogP contribution in [0.15, 0.2) is 16.7 Å². The third kappa shape index (κ3) is 3.39. The zero-order valence-electron chi connectivity index (χ0n) is 9.86. The number of nitrogens with one attached hydrogen (secondary N) is 2. The van der Waals surface area contributed by atoms with E-state index in [1.54, 1.807) is 0 Å². The van der Waals surface area contributed by atoms with Crippen molar-refractivity contribution in [3.8, 4) is 0 Å². The van der Waals surface area contributed by atoms with Crippen LogP contribution in [0.3, 0.4) is 0 Å². The van der Waals surface area contributed by atoms with E-state index in [2.05, 4.69) is 31.5 Å². The predicted molar refractivity (Wildman–Crippen MR) is 72.7 cm³/mol. The van der Waals surface area contributed by atoms with Crippen LogP contribution >= 0.6 is 15.9 Å². The number of rotatable bonds is 5. The average Bonchev–Trinajstić information content (AvgIpc) is 2.84. The summed E-state index contributed by atoms with van der Waals surface area (Å²) in [6, 6.07) is 2.04. The molecule has 6 nitrogen and oxygen atoms in total. The van der Waals surface area contributed by atoms with Crippen molar-refractivity contribution in [2.45, 2.75) is 25.3 Å². The molecule has 2 N–H and O–H groups in total. The summed E-state index contributed by atoms with van der Waals surface area (Å²) in [5, 5.41) is 17.2. The van der Waals surface area contributed by atoms with Gasteiger partial charge < -0.3 is 10.6 Å².